The van der Waals surface area contributed by atoms with Crippen LogP contribution in [0.1, 0.15) is 167 Å². The average molecular weight is 631 g/mol. The van der Waals surface area contributed by atoms with E-state index in [1.165, 1.54) is 57.8 Å². The van der Waals surface area contributed by atoms with Crippen molar-refractivity contribution in [3.8, 4) is 0 Å². The molecular weight excluding hydrogens is 557 g/mol. The number of carbonyl (C=O) groups excluding carboxylic acids is 1. The lowest BCUT2D eigenvalue weighted by molar-refractivity contribution is -0.151. The van der Waals surface area contributed by atoms with Gasteiger partial charge in [-0.05, 0) is 46.1 Å². The summed E-state index contributed by atoms with van der Waals surface area (Å²) in [5.41, 5.74) is 3.31. The van der Waals surface area contributed by atoms with Crippen LogP contribution in [-0.2, 0) is 23.1 Å². The quantitative estimate of drug-likeness (QED) is 0.0391. The number of hydrogen-bond acceptors (Lipinski definition) is 5. The fourth-order valence-corrected chi connectivity index (χ4v) is 18.3. The SMILES string of the molecule is CC(C)[Si](OCOCCCCCCCCCCCCCCC(=O)OCO[Si](C(C)C)(C(C)C)C(C)C)(C(C)C)C(C)C. The summed E-state index contributed by atoms with van der Waals surface area (Å²) >= 11 is 0. The van der Waals surface area contributed by atoms with Crippen molar-refractivity contribution in [2.75, 3.05) is 20.2 Å². The van der Waals surface area contributed by atoms with Crippen molar-refractivity contribution >= 4 is 22.6 Å². The van der Waals surface area contributed by atoms with Crippen molar-refractivity contribution in [3.05, 3.63) is 0 Å². The molecular formula is C35H74O5Si2. The Morgan fingerprint density at radius 2 is 0.762 bits per heavy atom. The molecule has 0 aromatic rings. The van der Waals surface area contributed by atoms with Crippen LogP contribution >= 0.6 is 0 Å². The van der Waals surface area contributed by atoms with Gasteiger partial charge in [-0.15, -0.1) is 0 Å². The number of rotatable bonds is 27. The van der Waals surface area contributed by atoms with Crippen molar-refractivity contribution in [2.45, 2.75) is 200 Å². The van der Waals surface area contributed by atoms with E-state index in [0.717, 1.165) is 25.9 Å². The third-order valence-electron chi connectivity index (χ3n) is 9.75. The average Bonchev–Trinajstić information content (AvgIpc) is 2.89. The molecule has 0 aromatic carbocycles. The molecule has 0 atom stereocenters. The highest BCUT2D eigenvalue weighted by Gasteiger charge is 2.46. The topological polar surface area (TPSA) is 54.0 Å². The first kappa shape index (κ1) is 41.8. The number of ether oxygens (including phenoxy) is 2. The maximum Gasteiger partial charge on any atom is 0.307 e. The molecule has 0 saturated heterocycles. The van der Waals surface area contributed by atoms with Gasteiger partial charge in [-0.1, -0.05) is 147 Å². The van der Waals surface area contributed by atoms with E-state index in [1.807, 2.05) is 0 Å². The van der Waals surface area contributed by atoms with E-state index in [1.54, 1.807) is 0 Å². The largest absolute Gasteiger partial charge is 0.439 e. The molecule has 42 heavy (non-hydrogen) atoms. The van der Waals surface area contributed by atoms with Crippen LogP contribution in [0.3, 0.4) is 0 Å². The predicted molar refractivity (Wildman–Crippen MR) is 186 cm³/mol. The molecule has 0 heterocycles. The molecule has 0 aromatic heterocycles. The Morgan fingerprint density at radius 3 is 1.12 bits per heavy atom. The summed E-state index contributed by atoms with van der Waals surface area (Å²) in [5, 5.41) is 0. The first-order valence-corrected chi connectivity index (χ1v) is 22.1. The fourth-order valence-electron chi connectivity index (χ4n) is 7.71. The Bertz CT molecular complexity index is 620. The van der Waals surface area contributed by atoms with E-state index in [9.17, 15) is 4.79 Å². The monoisotopic (exact) mass is 631 g/mol. The van der Waals surface area contributed by atoms with Crippen molar-refractivity contribution in [3.63, 3.8) is 0 Å². The summed E-state index contributed by atoms with van der Waals surface area (Å²) in [6.07, 6.45) is 15.4. The molecule has 0 aliphatic rings. The van der Waals surface area contributed by atoms with Crippen molar-refractivity contribution in [1.29, 1.82) is 0 Å². The lowest BCUT2D eigenvalue weighted by Gasteiger charge is -2.41. The fraction of sp³-hybridized carbons (Fsp3) is 0.971. The minimum absolute atomic E-state index is 0.110. The smallest absolute Gasteiger partial charge is 0.307 e. The van der Waals surface area contributed by atoms with Crippen LogP contribution in [0.5, 0.6) is 0 Å². The first-order valence-electron chi connectivity index (χ1n) is 17.8. The number of hydrogen-bond donors (Lipinski definition) is 0. The molecule has 0 bridgehead atoms. The summed E-state index contributed by atoms with van der Waals surface area (Å²) in [4.78, 5) is 12.2. The second-order valence-corrected chi connectivity index (χ2v) is 25.5. The Labute approximate surface area is 265 Å². The van der Waals surface area contributed by atoms with Gasteiger partial charge in [-0.3, -0.25) is 4.79 Å². The van der Waals surface area contributed by atoms with Gasteiger partial charge in [0.2, 0.25) is 16.6 Å². The molecule has 252 valence electrons. The van der Waals surface area contributed by atoms with Crippen LogP contribution in [0.2, 0.25) is 33.2 Å². The normalized spacial score (nSPS) is 13.1. The molecule has 0 unspecified atom stereocenters. The summed E-state index contributed by atoms with van der Waals surface area (Å²) in [7, 11) is -3.78. The van der Waals surface area contributed by atoms with E-state index < -0.39 is 16.6 Å². The second kappa shape index (κ2) is 23.2. The summed E-state index contributed by atoms with van der Waals surface area (Å²) in [6, 6.07) is 0. The molecule has 0 amide bonds. The third-order valence-corrected chi connectivity index (χ3v) is 21.8. The van der Waals surface area contributed by atoms with Crippen molar-refractivity contribution < 1.29 is 23.1 Å². The van der Waals surface area contributed by atoms with Crippen molar-refractivity contribution in [2.24, 2.45) is 0 Å². The van der Waals surface area contributed by atoms with Gasteiger partial charge in [0, 0.05) is 13.0 Å². The standard InChI is InChI=1S/C35H74O5Si2/c1-29(2)41(30(3)4,31(5)6)39-27-37-26-24-22-20-18-16-14-13-15-17-19-21-23-25-35(36)38-28-40-42(32(7)8,33(9)10)34(11)12/h29-34H,13-28H2,1-12H3. The summed E-state index contributed by atoms with van der Waals surface area (Å²) in [6.45, 7) is 28.9. The van der Waals surface area contributed by atoms with E-state index in [-0.39, 0.29) is 12.8 Å². The molecule has 0 aliphatic carbocycles. The van der Waals surface area contributed by atoms with Crippen LogP contribution in [0.25, 0.3) is 0 Å². The zero-order valence-electron chi connectivity index (χ0n) is 30.3. The molecule has 0 aliphatic heterocycles. The van der Waals surface area contributed by atoms with Gasteiger partial charge < -0.3 is 18.3 Å². The van der Waals surface area contributed by atoms with Crippen molar-refractivity contribution in [1.82, 2.24) is 0 Å². The van der Waals surface area contributed by atoms with E-state index in [4.69, 9.17) is 18.3 Å². The van der Waals surface area contributed by atoms with Crippen LogP contribution in [0, 0.1) is 0 Å². The summed E-state index contributed by atoms with van der Waals surface area (Å²) in [5.74, 6) is -0.110. The molecule has 0 spiro atoms. The van der Waals surface area contributed by atoms with E-state index in [0.29, 0.717) is 46.5 Å². The van der Waals surface area contributed by atoms with Gasteiger partial charge in [0.05, 0.1) is 0 Å². The zero-order chi connectivity index (χ0) is 32.2. The summed E-state index contributed by atoms with van der Waals surface area (Å²) < 4.78 is 24.2. The van der Waals surface area contributed by atoms with Crippen LogP contribution in [-0.4, -0.2) is 42.8 Å². The molecule has 0 rings (SSSR count). The lowest BCUT2D eigenvalue weighted by Crippen LogP contribution is -2.48. The zero-order valence-corrected chi connectivity index (χ0v) is 32.3. The molecule has 7 heteroatoms. The predicted octanol–water partition coefficient (Wildman–Crippen LogP) is 11.9. The van der Waals surface area contributed by atoms with Gasteiger partial charge in [0.15, 0.2) is 6.79 Å². The maximum atomic E-state index is 12.2. The molecule has 0 fully saturated rings. The Hall–Kier alpha value is -0.216. The van der Waals surface area contributed by atoms with Gasteiger partial charge in [0.1, 0.15) is 6.79 Å². The third kappa shape index (κ3) is 14.7. The Morgan fingerprint density at radius 1 is 0.452 bits per heavy atom. The highest BCUT2D eigenvalue weighted by atomic mass is 28.4. The van der Waals surface area contributed by atoms with Crippen LogP contribution < -0.4 is 0 Å². The number of carbonyl (C=O) groups is 1. The number of unbranched alkanes of at least 4 members (excludes halogenated alkanes) is 11. The molecule has 0 N–H and O–H groups in total. The van der Waals surface area contributed by atoms with E-state index >= 15 is 0 Å². The van der Waals surface area contributed by atoms with E-state index in [2.05, 4.69) is 83.1 Å². The molecule has 5 nitrogen and oxygen atoms in total. The maximum absolute atomic E-state index is 12.2. The second-order valence-electron chi connectivity index (χ2n) is 14.6. The Balaban J connectivity index is 3.70. The van der Waals surface area contributed by atoms with Gasteiger partial charge >= 0.3 is 5.97 Å². The van der Waals surface area contributed by atoms with Gasteiger partial charge in [-0.2, -0.15) is 0 Å². The minimum Gasteiger partial charge on any atom is -0.439 e. The number of esters is 1. The highest BCUT2D eigenvalue weighted by Crippen LogP contribution is 2.43. The molecule has 0 saturated carbocycles. The van der Waals surface area contributed by atoms with Crippen LogP contribution in [0.15, 0.2) is 0 Å². The lowest BCUT2D eigenvalue weighted by atomic mass is 10.0. The first-order chi connectivity index (χ1) is 19.8. The highest BCUT2D eigenvalue weighted by molar-refractivity contribution is 6.78. The van der Waals surface area contributed by atoms with Gasteiger partial charge in [-0.25, -0.2) is 0 Å². The van der Waals surface area contributed by atoms with Crippen LogP contribution in [0.4, 0.5) is 0 Å². The van der Waals surface area contributed by atoms with Gasteiger partial charge in [0.25, 0.3) is 0 Å². The molecule has 0 radical (unpaired) electrons. The Kier molecular flexibility index (Phi) is 23.0. The minimum atomic E-state index is -1.97.